The van der Waals surface area contributed by atoms with Crippen molar-refractivity contribution in [1.82, 2.24) is 0 Å². The molecule has 1 N–H and O–H groups in total. The lowest BCUT2D eigenvalue weighted by Gasteiger charge is -2.23. The Morgan fingerprint density at radius 2 is 2.19 bits per heavy atom. The van der Waals surface area contributed by atoms with Crippen molar-refractivity contribution >= 4 is 21.6 Å². The van der Waals surface area contributed by atoms with Gasteiger partial charge in [-0.2, -0.15) is 0 Å². The molecule has 6 nitrogen and oxygen atoms in total. The van der Waals surface area contributed by atoms with Gasteiger partial charge in [0.2, 0.25) is 5.75 Å². The summed E-state index contributed by atoms with van der Waals surface area (Å²) in [7, 11) is 0. The van der Waals surface area contributed by atoms with Gasteiger partial charge in [-0.05, 0) is 31.7 Å². The molecular formula is C14H18BrNO5. The van der Waals surface area contributed by atoms with Gasteiger partial charge in [0.25, 0.3) is 0 Å². The van der Waals surface area contributed by atoms with E-state index in [-0.39, 0.29) is 11.4 Å². The number of hydrogen-bond acceptors (Lipinski definition) is 5. The van der Waals surface area contributed by atoms with Crippen molar-refractivity contribution in [1.29, 1.82) is 0 Å². The van der Waals surface area contributed by atoms with E-state index < -0.39 is 11.0 Å². The highest BCUT2D eigenvalue weighted by Gasteiger charge is 2.25. The van der Waals surface area contributed by atoms with E-state index in [9.17, 15) is 15.2 Å². The molecule has 1 aromatic carbocycles. The zero-order valence-corrected chi connectivity index (χ0v) is 13.3. The van der Waals surface area contributed by atoms with Crippen LogP contribution < -0.4 is 4.74 Å². The third-order valence-corrected chi connectivity index (χ3v) is 3.97. The molecule has 21 heavy (non-hydrogen) atoms. The molecule has 0 saturated carbocycles. The van der Waals surface area contributed by atoms with Gasteiger partial charge in [-0.1, -0.05) is 15.9 Å². The summed E-state index contributed by atoms with van der Waals surface area (Å²) in [4.78, 5) is 10.7. The van der Waals surface area contributed by atoms with E-state index in [1.807, 2.05) is 0 Å². The Labute approximate surface area is 131 Å². The van der Waals surface area contributed by atoms with Crippen LogP contribution in [-0.2, 0) is 4.74 Å². The molecule has 2 rings (SSSR count). The first-order chi connectivity index (χ1) is 9.99. The molecule has 0 aliphatic carbocycles. The molecule has 1 unspecified atom stereocenters. The lowest BCUT2D eigenvalue weighted by molar-refractivity contribution is -0.386. The molecule has 0 radical (unpaired) electrons. The van der Waals surface area contributed by atoms with E-state index in [1.54, 1.807) is 13.0 Å². The molecule has 1 aliphatic heterocycles. The Balaban J connectivity index is 2.24. The maximum Gasteiger partial charge on any atom is 0.312 e. The first kappa shape index (κ1) is 16.2. The molecule has 1 atom stereocenters. The summed E-state index contributed by atoms with van der Waals surface area (Å²) < 4.78 is 11.5. The number of nitrogens with zero attached hydrogens (tertiary/aromatic N) is 1. The number of nitro groups is 1. The molecule has 0 bridgehead atoms. The number of aliphatic hydroxyl groups excluding tert-OH is 1. The third-order valence-electron chi connectivity index (χ3n) is 3.51. The van der Waals surface area contributed by atoms with Crippen molar-refractivity contribution < 1.29 is 19.5 Å². The summed E-state index contributed by atoms with van der Waals surface area (Å²) in [6.07, 6.45) is 0.925. The van der Waals surface area contributed by atoms with Crippen molar-refractivity contribution in [2.45, 2.75) is 25.9 Å². The summed E-state index contributed by atoms with van der Waals surface area (Å²) in [5.74, 6) is 0.480. The summed E-state index contributed by atoms with van der Waals surface area (Å²) in [5.41, 5.74) is 0.287. The first-order valence-electron chi connectivity index (χ1n) is 6.85. The van der Waals surface area contributed by atoms with Crippen LogP contribution in [0.25, 0.3) is 0 Å². The number of halogens is 1. The predicted octanol–water partition coefficient (Wildman–Crippen LogP) is 3.22. The number of benzene rings is 1. The molecule has 0 aromatic heterocycles. The van der Waals surface area contributed by atoms with Crippen LogP contribution in [0.2, 0.25) is 0 Å². The van der Waals surface area contributed by atoms with Gasteiger partial charge in [-0.3, -0.25) is 10.1 Å². The maximum absolute atomic E-state index is 11.2. The van der Waals surface area contributed by atoms with Crippen molar-refractivity contribution in [2.24, 2.45) is 5.92 Å². The van der Waals surface area contributed by atoms with Crippen LogP contribution in [0.5, 0.6) is 5.75 Å². The standard InChI is InChI=1S/C14H18BrNO5/c1-9(17)12-6-11(15)7-13(16(18)19)14(12)21-8-10-2-4-20-5-3-10/h6-7,9-10,17H,2-5,8H2,1H3. The van der Waals surface area contributed by atoms with Gasteiger partial charge in [0, 0.05) is 29.3 Å². The van der Waals surface area contributed by atoms with Gasteiger partial charge in [-0.15, -0.1) is 0 Å². The zero-order chi connectivity index (χ0) is 15.4. The lowest BCUT2D eigenvalue weighted by atomic mass is 10.0. The lowest BCUT2D eigenvalue weighted by Crippen LogP contribution is -2.22. The van der Waals surface area contributed by atoms with Crippen LogP contribution in [0.15, 0.2) is 16.6 Å². The second-order valence-corrected chi connectivity index (χ2v) is 6.06. The molecule has 0 amide bonds. The van der Waals surface area contributed by atoms with Crippen LogP contribution >= 0.6 is 15.9 Å². The van der Waals surface area contributed by atoms with Gasteiger partial charge in [0.05, 0.1) is 17.6 Å². The van der Waals surface area contributed by atoms with Crippen molar-refractivity contribution in [3.8, 4) is 5.75 Å². The summed E-state index contributed by atoms with van der Waals surface area (Å²) in [5, 5.41) is 21.0. The Hall–Kier alpha value is -1.18. The summed E-state index contributed by atoms with van der Waals surface area (Å²) in [6.45, 7) is 3.35. The van der Waals surface area contributed by atoms with Crippen LogP contribution in [0.3, 0.4) is 0 Å². The van der Waals surface area contributed by atoms with E-state index in [2.05, 4.69) is 15.9 Å². The molecule has 1 aromatic rings. The van der Waals surface area contributed by atoms with E-state index in [0.717, 1.165) is 12.8 Å². The molecule has 1 fully saturated rings. The highest BCUT2D eigenvalue weighted by atomic mass is 79.9. The Morgan fingerprint density at radius 1 is 1.52 bits per heavy atom. The molecule has 7 heteroatoms. The molecular weight excluding hydrogens is 342 g/mol. The van der Waals surface area contributed by atoms with Crippen LogP contribution in [0.1, 0.15) is 31.4 Å². The average Bonchev–Trinajstić information content (AvgIpc) is 2.46. The normalized spacial score (nSPS) is 17.5. The third kappa shape index (κ3) is 4.15. The highest BCUT2D eigenvalue weighted by molar-refractivity contribution is 9.10. The number of nitro benzene ring substituents is 1. The minimum Gasteiger partial charge on any atom is -0.486 e. The minimum atomic E-state index is -0.842. The average molecular weight is 360 g/mol. The van der Waals surface area contributed by atoms with Crippen LogP contribution in [-0.4, -0.2) is 29.9 Å². The SMILES string of the molecule is CC(O)c1cc(Br)cc([N+](=O)[O-])c1OCC1CCOCC1. The number of aliphatic hydroxyl groups is 1. The molecule has 1 saturated heterocycles. The number of hydrogen-bond donors (Lipinski definition) is 1. The Bertz CT molecular complexity index is 514. The number of ether oxygens (including phenoxy) is 2. The molecule has 1 aliphatic rings. The molecule has 1 heterocycles. The smallest absolute Gasteiger partial charge is 0.312 e. The minimum absolute atomic E-state index is 0.132. The fraction of sp³-hybridized carbons (Fsp3) is 0.571. The second-order valence-electron chi connectivity index (χ2n) is 5.14. The van der Waals surface area contributed by atoms with Gasteiger partial charge >= 0.3 is 5.69 Å². The Morgan fingerprint density at radius 3 is 2.76 bits per heavy atom. The van der Waals surface area contributed by atoms with Gasteiger partial charge in [0.15, 0.2) is 0 Å². The molecule has 116 valence electrons. The van der Waals surface area contributed by atoms with Crippen LogP contribution in [0.4, 0.5) is 5.69 Å². The van der Waals surface area contributed by atoms with Gasteiger partial charge in [0.1, 0.15) is 0 Å². The van der Waals surface area contributed by atoms with Crippen molar-refractivity contribution in [3.63, 3.8) is 0 Å². The second kappa shape index (κ2) is 7.20. The summed E-state index contributed by atoms with van der Waals surface area (Å²) >= 11 is 3.22. The largest absolute Gasteiger partial charge is 0.486 e. The van der Waals surface area contributed by atoms with Crippen LogP contribution in [0, 0.1) is 16.0 Å². The zero-order valence-electron chi connectivity index (χ0n) is 11.8. The quantitative estimate of drug-likeness (QED) is 0.644. The fourth-order valence-corrected chi connectivity index (χ4v) is 2.78. The van der Waals surface area contributed by atoms with E-state index in [0.29, 0.717) is 35.8 Å². The Kier molecular flexibility index (Phi) is 5.55. The predicted molar refractivity (Wildman–Crippen MR) is 80.5 cm³/mol. The van der Waals surface area contributed by atoms with E-state index in [4.69, 9.17) is 9.47 Å². The van der Waals surface area contributed by atoms with E-state index >= 15 is 0 Å². The highest BCUT2D eigenvalue weighted by Crippen LogP contribution is 2.38. The summed E-state index contributed by atoms with van der Waals surface area (Å²) in [6, 6.07) is 3.04. The topological polar surface area (TPSA) is 81.8 Å². The first-order valence-corrected chi connectivity index (χ1v) is 7.64. The fourth-order valence-electron chi connectivity index (χ4n) is 2.32. The molecule has 0 spiro atoms. The van der Waals surface area contributed by atoms with Gasteiger partial charge < -0.3 is 14.6 Å². The monoisotopic (exact) mass is 359 g/mol. The number of rotatable bonds is 5. The van der Waals surface area contributed by atoms with Crippen molar-refractivity contribution in [3.05, 3.63) is 32.3 Å². The van der Waals surface area contributed by atoms with E-state index in [1.165, 1.54) is 6.07 Å². The maximum atomic E-state index is 11.2. The van der Waals surface area contributed by atoms with Gasteiger partial charge in [-0.25, -0.2) is 0 Å². The van der Waals surface area contributed by atoms with Crippen molar-refractivity contribution in [2.75, 3.05) is 19.8 Å².